The maximum absolute atomic E-state index is 6.16. The van der Waals surface area contributed by atoms with E-state index < -0.39 is 0 Å². The molecule has 19 heavy (non-hydrogen) atoms. The van der Waals surface area contributed by atoms with Crippen molar-refractivity contribution in [3.8, 4) is 0 Å². The van der Waals surface area contributed by atoms with Gasteiger partial charge in [-0.15, -0.1) is 0 Å². The van der Waals surface area contributed by atoms with Gasteiger partial charge in [0.1, 0.15) is 0 Å². The van der Waals surface area contributed by atoms with Gasteiger partial charge in [-0.1, -0.05) is 48.0 Å². The zero-order chi connectivity index (χ0) is 13.1. The summed E-state index contributed by atoms with van der Waals surface area (Å²) in [6.07, 6.45) is 1.82. The molecule has 2 nitrogen and oxygen atoms in total. The fourth-order valence-electron chi connectivity index (χ4n) is 2.08. The van der Waals surface area contributed by atoms with Crippen molar-refractivity contribution >= 4 is 28.2 Å². The molecule has 0 aliphatic carbocycles. The van der Waals surface area contributed by atoms with E-state index in [-0.39, 0.29) is 0 Å². The van der Waals surface area contributed by atoms with Crippen molar-refractivity contribution in [3.63, 3.8) is 0 Å². The third-order valence-corrected chi connectivity index (χ3v) is 3.44. The van der Waals surface area contributed by atoms with Gasteiger partial charge >= 0.3 is 0 Å². The molecule has 94 valence electrons. The normalized spacial score (nSPS) is 10.6. The van der Waals surface area contributed by atoms with Gasteiger partial charge in [0, 0.05) is 28.8 Å². The standard InChI is InChI=1S/C16H13ClN2/c17-14-7-3-1-5-12(14)11-19-16-9-10-18-15-8-4-2-6-13(15)16/h1-10H,11H2,(H,18,19). The number of nitrogens with zero attached hydrogens (tertiary/aromatic N) is 1. The van der Waals surface area contributed by atoms with E-state index in [0.717, 1.165) is 27.2 Å². The van der Waals surface area contributed by atoms with Crippen LogP contribution in [0.4, 0.5) is 5.69 Å². The van der Waals surface area contributed by atoms with E-state index in [1.165, 1.54) is 0 Å². The molecule has 0 saturated carbocycles. The van der Waals surface area contributed by atoms with Gasteiger partial charge in [0.25, 0.3) is 0 Å². The maximum atomic E-state index is 6.16. The summed E-state index contributed by atoms with van der Waals surface area (Å²) in [6, 6.07) is 17.9. The number of halogens is 1. The molecule has 1 N–H and O–H groups in total. The number of nitrogens with one attached hydrogen (secondary N) is 1. The van der Waals surface area contributed by atoms with Crippen LogP contribution in [0.15, 0.2) is 60.8 Å². The fourth-order valence-corrected chi connectivity index (χ4v) is 2.28. The molecule has 0 aliphatic heterocycles. The van der Waals surface area contributed by atoms with Gasteiger partial charge in [0.15, 0.2) is 0 Å². The van der Waals surface area contributed by atoms with E-state index in [1.807, 2.05) is 54.7 Å². The molecule has 3 aromatic rings. The average Bonchev–Trinajstić information content (AvgIpc) is 2.46. The third kappa shape index (κ3) is 2.54. The lowest BCUT2D eigenvalue weighted by Gasteiger charge is -2.10. The summed E-state index contributed by atoms with van der Waals surface area (Å²) in [5, 5.41) is 5.33. The molecule has 0 bridgehead atoms. The fraction of sp³-hybridized carbons (Fsp3) is 0.0625. The van der Waals surface area contributed by atoms with Crippen LogP contribution in [0.1, 0.15) is 5.56 Å². The van der Waals surface area contributed by atoms with Crippen LogP contribution in [-0.4, -0.2) is 4.98 Å². The van der Waals surface area contributed by atoms with Crippen LogP contribution in [0.25, 0.3) is 10.9 Å². The van der Waals surface area contributed by atoms with Crippen LogP contribution in [-0.2, 0) is 6.54 Å². The van der Waals surface area contributed by atoms with E-state index >= 15 is 0 Å². The van der Waals surface area contributed by atoms with Crippen LogP contribution in [0.3, 0.4) is 0 Å². The number of hydrogen-bond acceptors (Lipinski definition) is 2. The minimum absolute atomic E-state index is 0.702. The highest BCUT2D eigenvalue weighted by molar-refractivity contribution is 6.31. The number of hydrogen-bond donors (Lipinski definition) is 1. The van der Waals surface area contributed by atoms with E-state index in [0.29, 0.717) is 6.54 Å². The Morgan fingerprint density at radius 3 is 2.63 bits per heavy atom. The lowest BCUT2D eigenvalue weighted by atomic mass is 10.1. The van der Waals surface area contributed by atoms with Crippen LogP contribution in [0, 0.1) is 0 Å². The molecule has 0 aliphatic rings. The monoisotopic (exact) mass is 268 g/mol. The van der Waals surface area contributed by atoms with Crippen molar-refractivity contribution in [1.29, 1.82) is 0 Å². The van der Waals surface area contributed by atoms with Crippen LogP contribution in [0.5, 0.6) is 0 Å². The molecular weight excluding hydrogens is 256 g/mol. The second-order valence-electron chi connectivity index (χ2n) is 4.32. The molecular formula is C16H13ClN2. The quantitative estimate of drug-likeness (QED) is 0.756. The third-order valence-electron chi connectivity index (χ3n) is 3.08. The highest BCUT2D eigenvalue weighted by Crippen LogP contribution is 2.23. The molecule has 1 heterocycles. The second kappa shape index (κ2) is 5.29. The average molecular weight is 269 g/mol. The Bertz CT molecular complexity index is 704. The molecule has 0 fully saturated rings. The second-order valence-corrected chi connectivity index (χ2v) is 4.73. The van der Waals surface area contributed by atoms with Gasteiger partial charge in [-0.25, -0.2) is 0 Å². The van der Waals surface area contributed by atoms with E-state index in [9.17, 15) is 0 Å². The Morgan fingerprint density at radius 1 is 0.947 bits per heavy atom. The summed E-state index contributed by atoms with van der Waals surface area (Å²) < 4.78 is 0. The van der Waals surface area contributed by atoms with Crippen LogP contribution in [0.2, 0.25) is 5.02 Å². The highest BCUT2D eigenvalue weighted by Gasteiger charge is 2.02. The Morgan fingerprint density at radius 2 is 1.74 bits per heavy atom. The summed E-state index contributed by atoms with van der Waals surface area (Å²) >= 11 is 6.16. The first-order valence-electron chi connectivity index (χ1n) is 6.15. The molecule has 0 atom stereocenters. The van der Waals surface area contributed by atoms with Crippen LogP contribution < -0.4 is 5.32 Å². The van der Waals surface area contributed by atoms with Gasteiger partial charge in [-0.2, -0.15) is 0 Å². The van der Waals surface area contributed by atoms with Crippen molar-refractivity contribution in [1.82, 2.24) is 4.98 Å². The number of aromatic nitrogens is 1. The number of anilines is 1. The summed E-state index contributed by atoms with van der Waals surface area (Å²) in [5.74, 6) is 0. The molecule has 3 rings (SSSR count). The lowest BCUT2D eigenvalue weighted by molar-refractivity contribution is 1.15. The van der Waals surface area contributed by atoms with Crippen LogP contribution >= 0.6 is 11.6 Å². The summed E-state index contributed by atoms with van der Waals surface area (Å²) in [5.41, 5.74) is 3.15. The Hall–Kier alpha value is -2.06. The largest absolute Gasteiger partial charge is 0.380 e. The molecule has 0 amide bonds. The first-order valence-corrected chi connectivity index (χ1v) is 6.53. The lowest BCUT2D eigenvalue weighted by Crippen LogP contribution is -2.00. The minimum atomic E-state index is 0.702. The predicted octanol–water partition coefficient (Wildman–Crippen LogP) is 4.50. The SMILES string of the molecule is Clc1ccccc1CNc1ccnc2ccccc12. The van der Waals surface area contributed by atoms with Gasteiger partial charge < -0.3 is 5.32 Å². The van der Waals surface area contributed by atoms with E-state index in [1.54, 1.807) is 0 Å². The smallest absolute Gasteiger partial charge is 0.0722 e. The minimum Gasteiger partial charge on any atom is -0.380 e. The van der Waals surface area contributed by atoms with Crippen molar-refractivity contribution < 1.29 is 0 Å². The van der Waals surface area contributed by atoms with E-state index in [4.69, 9.17) is 11.6 Å². The van der Waals surface area contributed by atoms with Gasteiger partial charge in [0.05, 0.1) is 5.52 Å². The predicted molar refractivity (Wildman–Crippen MR) is 80.5 cm³/mol. The number of benzene rings is 2. The van der Waals surface area contributed by atoms with Crippen molar-refractivity contribution in [2.24, 2.45) is 0 Å². The Balaban J connectivity index is 1.88. The molecule has 1 aromatic heterocycles. The summed E-state index contributed by atoms with van der Waals surface area (Å²) in [4.78, 5) is 4.35. The van der Waals surface area contributed by atoms with Crippen molar-refractivity contribution in [3.05, 3.63) is 71.4 Å². The summed E-state index contributed by atoms with van der Waals surface area (Å²) in [7, 11) is 0. The molecule has 0 saturated heterocycles. The van der Waals surface area contributed by atoms with Gasteiger partial charge in [0.2, 0.25) is 0 Å². The molecule has 3 heteroatoms. The number of rotatable bonds is 3. The van der Waals surface area contributed by atoms with Crippen molar-refractivity contribution in [2.45, 2.75) is 6.54 Å². The zero-order valence-electron chi connectivity index (χ0n) is 10.3. The van der Waals surface area contributed by atoms with Gasteiger partial charge in [-0.05, 0) is 23.8 Å². The first kappa shape index (κ1) is 12.0. The molecule has 2 aromatic carbocycles. The van der Waals surface area contributed by atoms with Gasteiger partial charge in [-0.3, -0.25) is 4.98 Å². The van der Waals surface area contributed by atoms with E-state index in [2.05, 4.69) is 16.4 Å². The number of fused-ring (bicyclic) bond motifs is 1. The summed E-state index contributed by atoms with van der Waals surface area (Å²) in [6.45, 7) is 0.702. The zero-order valence-corrected chi connectivity index (χ0v) is 11.1. The topological polar surface area (TPSA) is 24.9 Å². The Kier molecular flexibility index (Phi) is 3.34. The highest BCUT2D eigenvalue weighted by atomic mass is 35.5. The molecule has 0 unspecified atom stereocenters. The number of pyridine rings is 1. The van der Waals surface area contributed by atoms with Crippen molar-refractivity contribution in [2.75, 3.05) is 5.32 Å². The molecule has 0 radical (unpaired) electrons. The first-order chi connectivity index (χ1) is 9.34. The molecule has 0 spiro atoms. The number of para-hydroxylation sites is 1. The maximum Gasteiger partial charge on any atom is 0.0722 e. The Labute approximate surface area is 117 Å².